The highest BCUT2D eigenvalue weighted by Gasteiger charge is 2.33. The summed E-state index contributed by atoms with van der Waals surface area (Å²) in [7, 11) is 0. The topological polar surface area (TPSA) is 34.0 Å². The number of rotatable bonds is 3. The van der Waals surface area contributed by atoms with Gasteiger partial charge in [-0.3, -0.25) is 4.90 Å². The highest BCUT2D eigenvalue weighted by molar-refractivity contribution is 5.71. The highest BCUT2D eigenvalue weighted by Crippen LogP contribution is 2.40. The van der Waals surface area contributed by atoms with Crippen molar-refractivity contribution in [2.75, 3.05) is 13.1 Å². The molecule has 0 N–H and O–H groups in total. The number of imidazole rings is 1. The van der Waals surface area contributed by atoms with E-state index in [4.69, 9.17) is 9.97 Å². The minimum Gasteiger partial charge on any atom is -0.309 e. The molecule has 1 aromatic carbocycles. The second-order valence-electron chi connectivity index (χ2n) is 9.25. The number of piperidine rings is 1. The van der Waals surface area contributed by atoms with E-state index in [1.807, 2.05) is 12.3 Å². The van der Waals surface area contributed by atoms with Gasteiger partial charge in [-0.25, -0.2) is 9.97 Å². The zero-order valence-corrected chi connectivity index (χ0v) is 17.1. The van der Waals surface area contributed by atoms with Crippen LogP contribution < -0.4 is 0 Å². The van der Waals surface area contributed by atoms with Gasteiger partial charge in [0.2, 0.25) is 0 Å². The number of nitrogens with zero attached hydrogens (tertiary/aromatic N) is 4. The monoisotopic (exact) mass is 386 g/mol. The number of likely N-dealkylation sites (tertiary alicyclic amines) is 1. The van der Waals surface area contributed by atoms with Crippen LogP contribution in [-0.2, 0) is 12.8 Å². The van der Waals surface area contributed by atoms with Crippen LogP contribution in [0.5, 0.6) is 0 Å². The Labute approximate surface area is 173 Å². The number of aromatic nitrogens is 3. The van der Waals surface area contributed by atoms with Gasteiger partial charge in [0.05, 0.1) is 0 Å². The molecule has 2 fully saturated rings. The Balaban J connectivity index is 1.21. The van der Waals surface area contributed by atoms with Crippen LogP contribution in [0.2, 0.25) is 0 Å². The van der Waals surface area contributed by atoms with Gasteiger partial charge in [-0.05, 0) is 68.2 Å². The van der Waals surface area contributed by atoms with Gasteiger partial charge in [-0.15, -0.1) is 0 Å². The fourth-order valence-corrected chi connectivity index (χ4v) is 5.76. The maximum Gasteiger partial charge on any atom is 0.160 e. The first kappa shape index (κ1) is 17.6. The highest BCUT2D eigenvalue weighted by atomic mass is 15.2. The summed E-state index contributed by atoms with van der Waals surface area (Å²) in [5.41, 5.74) is 5.34. The molecule has 4 heteroatoms. The Hall–Kier alpha value is -2.20. The molecule has 0 radical (unpaired) electrons. The van der Waals surface area contributed by atoms with Crippen molar-refractivity contribution in [3.8, 4) is 0 Å². The van der Waals surface area contributed by atoms with Gasteiger partial charge in [0, 0.05) is 37.3 Å². The Bertz CT molecular complexity index is 1010. The molecule has 29 heavy (non-hydrogen) atoms. The van der Waals surface area contributed by atoms with Crippen LogP contribution in [-0.4, -0.2) is 38.6 Å². The summed E-state index contributed by atoms with van der Waals surface area (Å²) in [5.74, 6) is 1.96. The van der Waals surface area contributed by atoms with Crippen LogP contribution in [0.15, 0.2) is 42.6 Å². The van der Waals surface area contributed by atoms with Gasteiger partial charge in [0.15, 0.2) is 5.65 Å². The summed E-state index contributed by atoms with van der Waals surface area (Å²) in [4.78, 5) is 12.5. The number of hydrogen-bond acceptors (Lipinski definition) is 3. The first-order chi connectivity index (χ1) is 14.4. The molecule has 3 aliphatic rings. The smallest absolute Gasteiger partial charge is 0.160 e. The van der Waals surface area contributed by atoms with Crippen molar-refractivity contribution in [1.82, 2.24) is 19.4 Å². The van der Waals surface area contributed by atoms with Gasteiger partial charge in [-0.1, -0.05) is 30.7 Å². The van der Waals surface area contributed by atoms with Crippen molar-refractivity contribution in [3.63, 3.8) is 0 Å². The number of pyridine rings is 1. The van der Waals surface area contributed by atoms with Crippen molar-refractivity contribution in [2.24, 2.45) is 0 Å². The van der Waals surface area contributed by atoms with E-state index >= 15 is 0 Å². The number of aryl methyl sites for hydroxylation is 1. The first-order valence-corrected chi connectivity index (χ1v) is 11.5. The van der Waals surface area contributed by atoms with Crippen molar-refractivity contribution >= 4 is 11.2 Å². The number of hydrogen-bond donors (Lipinski definition) is 0. The van der Waals surface area contributed by atoms with Crippen molar-refractivity contribution in [3.05, 3.63) is 59.5 Å². The maximum atomic E-state index is 5.03. The SMILES string of the molecule is c1ccc2c(c1)CC[C@H](N1CCC(n3c(C4CCC4)nc4cccnc43)CC1)C2. The lowest BCUT2D eigenvalue weighted by Crippen LogP contribution is -2.44. The van der Waals surface area contributed by atoms with Crippen LogP contribution in [0.25, 0.3) is 11.2 Å². The molecule has 1 atom stereocenters. The normalized spacial score (nSPS) is 23.8. The average Bonchev–Trinajstić information content (AvgIpc) is 3.11. The maximum absolute atomic E-state index is 5.03. The van der Waals surface area contributed by atoms with Crippen LogP contribution in [0.1, 0.15) is 67.4 Å². The molecule has 6 rings (SSSR count). The summed E-state index contributed by atoms with van der Waals surface area (Å²) in [6.07, 6.45) is 12.1. The minimum absolute atomic E-state index is 0.553. The molecule has 1 aliphatic heterocycles. The van der Waals surface area contributed by atoms with Crippen LogP contribution >= 0.6 is 0 Å². The lowest BCUT2D eigenvalue weighted by atomic mass is 9.84. The van der Waals surface area contributed by atoms with E-state index < -0.39 is 0 Å². The van der Waals surface area contributed by atoms with Crippen LogP contribution in [0.3, 0.4) is 0 Å². The summed E-state index contributed by atoms with van der Waals surface area (Å²) < 4.78 is 2.53. The molecule has 3 aromatic rings. The Morgan fingerprint density at radius 3 is 2.45 bits per heavy atom. The second-order valence-corrected chi connectivity index (χ2v) is 9.25. The molecule has 2 aliphatic carbocycles. The molecule has 0 unspecified atom stereocenters. The average molecular weight is 387 g/mol. The summed E-state index contributed by atoms with van der Waals surface area (Å²) in [6.45, 7) is 2.40. The fraction of sp³-hybridized carbons (Fsp3) is 0.520. The number of benzene rings is 1. The molecule has 2 aromatic heterocycles. The van der Waals surface area contributed by atoms with Gasteiger partial charge in [0.1, 0.15) is 11.3 Å². The van der Waals surface area contributed by atoms with Crippen molar-refractivity contribution in [2.45, 2.75) is 69.4 Å². The van der Waals surface area contributed by atoms with Gasteiger partial charge in [0.25, 0.3) is 0 Å². The lowest BCUT2D eigenvalue weighted by molar-refractivity contribution is 0.123. The largest absolute Gasteiger partial charge is 0.309 e. The Morgan fingerprint density at radius 2 is 1.66 bits per heavy atom. The van der Waals surface area contributed by atoms with E-state index in [0.29, 0.717) is 12.0 Å². The van der Waals surface area contributed by atoms with Crippen molar-refractivity contribution < 1.29 is 0 Å². The predicted molar refractivity (Wildman–Crippen MR) is 116 cm³/mol. The Morgan fingerprint density at radius 1 is 0.828 bits per heavy atom. The fourth-order valence-electron chi connectivity index (χ4n) is 5.76. The molecule has 4 nitrogen and oxygen atoms in total. The van der Waals surface area contributed by atoms with E-state index in [1.165, 1.54) is 70.3 Å². The minimum atomic E-state index is 0.553. The predicted octanol–water partition coefficient (Wildman–Crippen LogP) is 4.89. The Kier molecular flexibility index (Phi) is 4.41. The number of fused-ring (bicyclic) bond motifs is 2. The third-order valence-corrected chi connectivity index (χ3v) is 7.65. The van der Waals surface area contributed by atoms with E-state index in [1.54, 1.807) is 11.1 Å². The van der Waals surface area contributed by atoms with Gasteiger partial charge in [-0.2, -0.15) is 0 Å². The zero-order chi connectivity index (χ0) is 19.2. The van der Waals surface area contributed by atoms with Crippen LogP contribution in [0.4, 0.5) is 0 Å². The van der Waals surface area contributed by atoms with Gasteiger partial charge < -0.3 is 4.57 Å². The van der Waals surface area contributed by atoms with E-state index in [2.05, 4.69) is 39.8 Å². The van der Waals surface area contributed by atoms with Crippen LogP contribution in [0, 0.1) is 0 Å². The van der Waals surface area contributed by atoms with E-state index in [9.17, 15) is 0 Å². The quantitative estimate of drug-likeness (QED) is 0.642. The van der Waals surface area contributed by atoms with Gasteiger partial charge >= 0.3 is 0 Å². The third-order valence-electron chi connectivity index (χ3n) is 7.65. The molecular formula is C25H30N4. The van der Waals surface area contributed by atoms with E-state index in [0.717, 1.165) is 17.2 Å². The first-order valence-electron chi connectivity index (χ1n) is 11.5. The summed E-state index contributed by atoms with van der Waals surface area (Å²) in [5, 5.41) is 0. The molecule has 1 saturated carbocycles. The molecule has 0 amide bonds. The van der Waals surface area contributed by atoms with E-state index in [-0.39, 0.29) is 0 Å². The molecule has 0 bridgehead atoms. The second kappa shape index (κ2) is 7.24. The van der Waals surface area contributed by atoms with Crippen molar-refractivity contribution in [1.29, 1.82) is 0 Å². The molecule has 150 valence electrons. The third kappa shape index (κ3) is 3.09. The molecule has 1 saturated heterocycles. The molecule has 0 spiro atoms. The summed E-state index contributed by atoms with van der Waals surface area (Å²) >= 11 is 0. The summed E-state index contributed by atoms with van der Waals surface area (Å²) in [6, 6.07) is 14.5. The molecular weight excluding hydrogens is 356 g/mol. The molecule has 3 heterocycles. The lowest BCUT2D eigenvalue weighted by Gasteiger charge is -2.40. The zero-order valence-electron chi connectivity index (χ0n) is 17.1. The standard InChI is InChI=1S/C25H30N4/c1-2-6-20-17-22(11-10-18(20)5-1)28-15-12-21(13-16-28)29-24(19-7-3-8-19)27-23-9-4-14-26-25(23)29/h1-2,4-6,9,14,19,21-22H,3,7-8,10-13,15-17H2/t22-/m0/s1.